The lowest BCUT2D eigenvalue weighted by Gasteiger charge is -2.51. The Morgan fingerprint density at radius 3 is 2.40 bits per heavy atom. The van der Waals surface area contributed by atoms with Crippen LogP contribution in [0.3, 0.4) is 0 Å². The maximum Gasteiger partial charge on any atom is 0.352 e. The number of hydrogen-bond donors (Lipinski definition) is 4. The highest BCUT2D eigenvalue weighted by Gasteiger charge is 2.60. The molecular weight excluding hydrogens is 600 g/mol. The number of fused-ring (bicyclic) bond motifs is 3. The van der Waals surface area contributed by atoms with E-state index >= 15 is 0 Å². The van der Waals surface area contributed by atoms with Crippen LogP contribution < -0.4 is 4.31 Å². The van der Waals surface area contributed by atoms with E-state index in [2.05, 4.69) is 0 Å². The summed E-state index contributed by atoms with van der Waals surface area (Å²) in [7, 11) is -4.04. The number of amides is 1. The lowest BCUT2D eigenvalue weighted by atomic mass is 9.78. The SMILES string of the molecule is C[C@@H](O)[C@H]1C(=O)N2C(C(=O)O)=C(CN3c4cccc5c6c(cc(c45)S3(=O)=O)C[N+]3(CC6)CC[N+](CCO)(CCO)CC3)[C@H](C)[C@H]12. The van der Waals surface area contributed by atoms with Crippen molar-refractivity contribution in [2.24, 2.45) is 11.8 Å². The van der Waals surface area contributed by atoms with E-state index in [1.807, 2.05) is 18.2 Å². The second kappa shape index (κ2) is 10.5. The van der Waals surface area contributed by atoms with E-state index in [9.17, 15) is 38.4 Å². The highest BCUT2D eigenvalue weighted by atomic mass is 32.2. The number of aliphatic carboxylic acids is 1. The van der Waals surface area contributed by atoms with E-state index in [-0.39, 0.29) is 30.4 Å². The molecule has 5 aliphatic heterocycles. The maximum atomic E-state index is 14.3. The second-order valence-corrected chi connectivity index (χ2v) is 15.6. The number of benzene rings is 2. The normalized spacial score (nSPS) is 27.9. The third-order valence-electron chi connectivity index (χ3n) is 11.6. The van der Waals surface area contributed by atoms with Crippen LogP contribution in [0.15, 0.2) is 40.4 Å². The van der Waals surface area contributed by atoms with E-state index in [1.54, 1.807) is 13.0 Å². The van der Waals surface area contributed by atoms with Crippen molar-refractivity contribution in [1.29, 1.82) is 0 Å². The molecule has 45 heavy (non-hydrogen) atoms. The number of carboxylic acids is 1. The Morgan fingerprint density at radius 1 is 1.09 bits per heavy atom. The Kier molecular flexibility index (Phi) is 7.12. The van der Waals surface area contributed by atoms with Crippen LogP contribution >= 0.6 is 0 Å². The lowest BCUT2D eigenvalue weighted by Crippen LogP contribution is -2.68. The molecule has 2 aromatic rings. The monoisotopic (exact) mass is 642 g/mol. The number of aliphatic hydroxyl groups excluding tert-OH is 3. The van der Waals surface area contributed by atoms with Crippen LogP contribution in [0.5, 0.6) is 0 Å². The Hall–Kier alpha value is -3.07. The molecule has 0 bridgehead atoms. The standard InChI is InChI=1S/C32H41N4O8S/c1-19-24(30(32(41)42)34-29(19)27(20(2)39)31(34)40)17-33-25-5-3-4-23-22-6-7-36(10-8-35(9-11-36,12-14-37)13-15-38)18-21(22)16-26(28(23)25)45(33,43)44/h3-5,16,19-20,27,29,37-39H,6-15,17-18H2,1-2H3/q+1/p+1/t19-,20+,27+,29+/m0/s1. The molecule has 7 rings (SSSR count). The number of nitrogens with zero attached hydrogens (tertiary/aromatic N) is 4. The van der Waals surface area contributed by atoms with Gasteiger partial charge in [-0.2, -0.15) is 0 Å². The molecule has 0 radical (unpaired) electrons. The number of hydrogen-bond acceptors (Lipinski definition) is 7. The van der Waals surface area contributed by atoms with Gasteiger partial charge < -0.3 is 34.3 Å². The fraction of sp³-hybridized carbons (Fsp3) is 0.562. The van der Waals surface area contributed by atoms with E-state index in [4.69, 9.17) is 0 Å². The molecule has 4 N–H and O–H groups in total. The third kappa shape index (κ3) is 4.31. The molecule has 5 aliphatic rings. The lowest BCUT2D eigenvalue weighted by molar-refractivity contribution is -1.04. The van der Waals surface area contributed by atoms with Gasteiger partial charge in [0.1, 0.15) is 51.5 Å². The van der Waals surface area contributed by atoms with Gasteiger partial charge >= 0.3 is 5.97 Å². The number of carboxylic acid groups (broad SMARTS) is 1. The second-order valence-electron chi connectivity index (χ2n) is 13.8. The Balaban J connectivity index is 1.23. The summed E-state index contributed by atoms with van der Waals surface area (Å²) < 4.78 is 31.5. The van der Waals surface area contributed by atoms with Crippen molar-refractivity contribution in [3.8, 4) is 0 Å². The summed E-state index contributed by atoms with van der Waals surface area (Å²) >= 11 is 0. The first-order chi connectivity index (χ1) is 21.4. The zero-order valence-electron chi connectivity index (χ0n) is 25.7. The largest absolute Gasteiger partial charge is 0.477 e. The summed E-state index contributed by atoms with van der Waals surface area (Å²) in [5.74, 6) is -2.90. The Morgan fingerprint density at radius 2 is 1.78 bits per heavy atom. The summed E-state index contributed by atoms with van der Waals surface area (Å²) in [6.07, 6.45) is -0.138. The predicted molar refractivity (Wildman–Crippen MR) is 164 cm³/mol. The third-order valence-corrected chi connectivity index (χ3v) is 13.3. The fourth-order valence-electron chi connectivity index (χ4n) is 9.04. The maximum absolute atomic E-state index is 14.3. The molecule has 5 heterocycles. The smallest absolute Gasteiger partial charge is 0.352 e. The molecule has 4 atom stereocenters. The number of anilines is 1. The molecular formula is C32H42N4O8S+2. The first kappa shape index (κ1) is 30.6. The number of carbonyl (C=O) groups is 2. The Labute approximate surface area is 262 Å². The number of piperazine rings is 1. The molecule has 2 saturated heterocycles. The van der Waals surface area contributed by atoms with Gasteiger partial charge in [0.05, 0.1) is 54.9 Å². The van der Waals surface area contributed by atoms with Gasteiger partial charge in [-0.1, -0.05) is 19.1 Å². The molecule has 242 valence electrons. The van der Waals surface area contributed by atoms with E-state index in [1.165, 1.54) is 16.1 Å². The quantitative estimate of drug-likeness (QED) is 0.236. The predicted octanol–water partition coefficient (Wildman–Crippen LogP) is 0.233. The van der Waals surface area contributed by atoms with Crippen LogP contribution in [-0.4, -0.2) is 132 Å². The number of β-lactam (4-membered cyclic amide) rings is 1. The highest BCUT2D eigenvalue weighted by Crippen LogP contribution is 2.50. The summed E-state index contributed by atoms with van der Waals surface area (Å²) in [4.78, 5) is 26.8. The fourth-order valence-corrected chi connectivity index (χ4v) is 10.8. The van der Waals surface area contributed by atoms with Gasteiger partial charge in [0.2, 0.25) is 5.91 Å². The highest BCUT2D eigenvalue weighted by molar-refractivity contribution is 7.93. The molecule has 2 fully saturated rings. The minimum absolute atomic E-state index is 0.0780. The molecule has 0 aromatic heterocycles. The zero-order chi connectivity index (χ0) is 32.1. The van der Waals surface area contributed by atoms with Crippen molar-refractivity contribution in [2.45, 2.75) is 43.9 Å². The van der Waals surface area contributed by atoms with E-state index in [0.29, 0.717) is 40.8 Å². The zero-order valence-corrected chi connectivity index (χ0v) is 26.5. The van der Waals surface area contributed by atoms with Gasteiger partial charge in [-0.3, -0.25) is 9.10 Å². The minimum atomic E-state index is -4.04. The number of quaternary nitrogens is 2. The van der Waals surface area contributed by atoms with Crippen molar-refractivity contribution >= 4 is 38.4 Å². The minimum Gasteiger partial charge on any atom is -0.477 e. The first-order valence-electron chi connectivity index (χ1n) is 15.9. The molecule has 2 aromatic carbocycles. The van der Waals surface area contributed by atoms with Gasteiger partial charge in [-0.15, -0.1) is 0 Å². The van der Waals surface area contributed by atoms with Crippen molar-refractivity contribution in [3.05, 3.63) is 46.7 Å². The molecule has 13 heteroatoms. The molecule has 12 nitrogen and oxygen atoms in total. The van der Waals surface area contributed by atoms with Crippen molar-refractivity contribution in [3.63, 3.8) is 0 Å². The van der Waals surface area contributed by atoms with Crippen molar-refractivity contribution < 1.29 is 47.4 Å². The van der Waals surface area contributed by atoms with Crippen molar-refractivity contribution in [1.82, 2.24) is 4.90 Å². The van der Waals surface area contributed by atoms with Crippen LogP contribution in [0.4, 0.5) is 5.69 Å². The first-order valence-corrected chi connectivity index (χ1v) is 17.3. The van der Waals surface area contributed by atoms with Crippen LogP contribution in [0.2, 0.25) is 0 Å². The number of carbonyl (C=O) groups excluding carboxylic acids is 1. The van der Waals surface area contributed by atoms with Crippen LogP contribution in [0, 0.1) is 11.8 Å². The topological polar surface area (TPSA) is 156 Å². The van der Waals surface area contributed by atoms with Crippen LogP contribution in [-0.2, 0) is 32.6 Å². The van der Waals surface area contributed by atoms with Crippen molar-refractivity contribution in [2.75, 3.05) is 69.9 Å². The number of sulfonamides is 1. The van der Waals surface area contributed by atoms with Gasteiger partial charge in [-0.25, -0.2) is 13.2 Å². The summed E-state index contributed by atoms with van der Waals surface area (Å²) in [6.45, 7) is 9.64. The number of rotatable bonds is 8. The summed E-state index contributed by atoms with van der Waals surface area (Å²) in [5.41, 5.74) is 2.88. The van der Waals surface area contributed by atoms with Crippen LogP contribution in [0.1, 0.15) is 25.0 Å². The molecule has 0 aliphatic carbocycles. The van der Waals surface area contributed by atoms with Gasteiger partial charge in [0.25, 0.3) is 10.0 Å². The molecule has 0 saturated carbocycles. The summed E-state index contributed by atoms with van der Waals surface area (Å²) in [5, 5.41) is 41.3. The van der Waals surface area contributed by atoms with Gasteiger partial charge in [0, 0.05) is 23.3 Å². The Bertz CT molecular complexity index is 1740. The average molecular weight is 643 g/mol. The summed E-state index contributed by atoms with van der Waals surface area (Å²) in [6, 6.07) is 6.91. The van der Waals surface area contributed by atoms with E-state index in [0.717, 1.165) is 60.1 Å². The van der Waals surface area contributed by atoms with Gasteiger partial charge in [-0.05, 0) is 35.6 Å². The molecule has 0 unspecified atom stereocenters. The van der Waals surface area contributed by atoms with Crippen LogP contribution in [0.25, 0.3) is 10.8 Å². The number of aliphatic hydroxyl groups is 3. The molecule has 1 amide bonds. The van der Waals surface area contributed by atoms with Gasteiger partial charge in [0.15, 0.2) is 0 Å². The molecule has 1 spiro atoms. The average Bonchev–Trinajstić information content (AvgIpc) is 3.36. The van der Waals surface area contributed by atoms with E-state index < -0.39 is 45.9 Å².